The van der Waals surface area contributed by atoms with Gasteiger partial charge in [0.25, 0.3) is 0 Å². The third-order valence-corrected chi connectivity index (χ3v) is 3.58. The molecule has 1 fully saturated rings. The molecule has 3 N–H and O–H groups in total. The number of halogens is 3. The molecule has 1 amide bonds. The molecule has 0 aliphatic carbocycles. The molecule has 1 aliphatic rings. The number of rotatable bonds is 6. The van der Waals surface area contributed by atoms with Gasteiger partial charge in [0.2, 0.25) is 5.91 Å². The maximum absolute atomic E-state index is 12.3. The van der Waals surface area contributed by atoms with Gasteiger partial charge in [-0.2, -0.15) is 0 Å². The van der Waals surface area contributed by atoms with Crippen LogP contribution in [0.2, 0.25) is 0 Å². The molecule has 1 aromatic rings. The van der Waals surface area contributed by atoms with Gasteiger partial charge in [-0.3, -0.25) is 4.79 Å². The highest BCUT2D eigenvalue weighted by atomic mass is 19.4. The molecule has 1 atom stereocenters. The lowest BCUT2D eigenvalue weighted by atomic mass is 10.2. The van der Waals surface area contributed by atoms with E-state index in [-0.39, 0.29) is 17.7 Å². The first-order valence-corrected chi connectivity index (χ1v) is 7.47. The highest BCUT2D eigenvalue weighted by Gasteiger charge is 2.31. The summed E-state index contributed by atoms with van der Waals surface area (Å²) < 4.78 is 40.7. The Morgan fingerprint density at radius 1 is 1.43 bits per heavy atom. The van der Waals surface area contributed by atoms with Crippen LogP contribution in [0.15, 0.2) is 24.3 Å². The summed E-state index contributed by atoms with van der Waals surface area (Å²) in [7, 11) is 0. The minimum atomic E-state index is -4.71. The molecule has 1 heterocycles. The van der Waals surface area contributed by atoms with Gasteiger partial charge >= 0.3 is 6.36 Å². The number of hydrogen-bond donors (Lipinski definition) is 2. The predicted molar refractivity (Wildman–Crippen MR) is 80.2 cm³/mol. The smallest absolute Gasteiger partial charge is 0.406 e. The molecule has 0 saturated carbocycles. The third kappa shape index (κ3) is 5.63. The van der Waals surface area contributed by atoms with Gasteiger partial charge in [0, 0.05) is 37.3 Å². The maximum atomic E-state index is 12.3. The van der Waals surface area contributed by atoms with Crippen molar-refractivity contribution in [3.63, 3.8) is 0 Å². The van der Waals surface area contributed by atoms with Gasteiger partial charge in [-0.15, -0.1) is 13.2 Å². The van der Waals surface area contributed by atoms with E-state index in [1.165, 1.54) is 18.2 Å². The van der Waals surface area contributed by atoms with Crippen LogP contribution in [0.4, 0.5) is 18.9 Å². The lowest BCUT2D eigenvalue weighted by molar-refractivity contribution is -0.274. The van der Waals surface area contributed by atoms with E-state index in [0.717, 1.165) is 6.42 Å². The van der Waals surface area contributed by atoms with E-state index in [1.807, 2.05) is 4.90 Å². The molecule has 1 saturated heterocycles. The van der Waals surface area contributed by atoms with Crippen molar-refractivity contribution in [2.75, 3.05) is 24.5 Å². The molecule has 1 aliphatic heterocycles. The molecular weight excluding hydrogens is 311 g/mol. The van der Waals surface area contributed by atoms with Crippen LogP contribution in [-0.4, -0.2) is 37.9 Å². The summed E-state index contributed by atoms with van der Waals surface area (Å²) in [4.78, 5) is 13.6. The molecule has 128 valence electrons. The summed E-state index contributed by atoms with van der Waals surface area (Å²) in [6.45, 7) is 1.69. The molecule has 23 heavy (non-hydrogen) atoms. The van der Waals surface area contributed by atoms with Crippen molar-refractivity contribution >= 4 is 11.6 Å². The largest absolute Gasteiger partial charge is 0.573 e. The highest BCUT2D eigenvalue weighted by Crippen LogP contribution is 2.28. The van der Waals surface area contributed by atoms with Crippen molar-refractivity contribution in [3.8, 4) is 5.75 Å². The number of anilines is 1. The number of nitrogens with zero attached hydrogens (tertiary/aromatic N) is 1. The quantitative estimate of drug-likeness (QED) is 0.837. The van der Waals surface area contributed by atoms with Crippen LogP contribution in [-0.2, 0) is 4.79 Å². The number of hydrogen-bond acceptors (Lipinski definition) is 4. The van der Waals surface area contributed by atoms with Crippen molar-refractivity contribution in [1.29, 1.82) is 0 Å². The van der Waals surface area contributed by atoms with Crippen LogP contribution >= 0.6 is 0 Å². The summed E-state index contributed by atoms with van der Waals surface area (Å²) in [5, 5.41) is 2.92. The molecule has 8 heteroatoms. The molecule has 0 spiro atoms. The van der Waals surface area contributed by atoms with Gasteiger partial charge in [-0.05, 0) is 31.5 Å². The zero-order valence-electron chi connectivity index (χ0n) is 12.6. The minimum absolute atomic E-state index is 0.00698. The lowest BCUT2D eigenvalue weighted by Gasteiger charge is -2.20. The van der Waals surface area contributed by atoms with E-state index in [1.54, 1.807) is 6.07 Å². The van der Waals surface area contributed by atoms with Crippen LogP contribution in [0, 0.1) is 0 Å². The summed E-state index contributed by atoms with van der Waals surface area (Å²) in [6, 6.07) is 5.85. The van der Waals surface area contributed by atoms with E-state index in [4.69, 9.17) is 5.73 Å². The van der Waals surface area contributed by atoms with Gasteiger partial charge in [-0.25, -0.2) is 0 Å². The fourth-order valence-electron chi connectivity index (χ4n) is 2.55. The van der Waals surface area contributed by atoms with Gasteiger partial charge in [0.1, 0.15) is 5.75 Å². The van der Waals surface area contributed by atoms with Crippen LogP contribution in [0.5, 0.6) is 5.75 Å². The molecule has 1 unspecified atom stereocenters. The number of benzene rings is 1. The Bertz CT molecular complexity index is 537. The Hall–Kier alpha value is -1.96. The number of nitrogens with one attached hydrogen (secondary N) is 1. The Labute approximate surface area is 132 Å². The second kappa shape index (κ2) is 7.54. The number of carbonyl (C=O) groups excluding carboxylic acids is 1. The first kappa shape index (κ1) is 17.4. The van der Waals surface area contributed by atoms with Crippen LogP contribution in [0.25, 0.3) is 0 Å². The molecular formula is C15H20F3N3O2. The predicted octanol–water partition coefficient (Wildman–Crippen LogP) is 2.02. The summed E-state index contributed by atoms with van der Waals surface area (Å²) in [5.74, 6) is -0.290. The summed E-state index contributed by atoms with van der Waals surface area (Å²) >= 11 is 0. The van der Waals surface area contributed by atoms with Crippen LogP contribution in [0.3, 0.4) is 0 Å². The molecule has 5 nitrogen and oxygen atoms in total. The van der Waals surface area contributed by atoms with Gasteiger partial charge in [0.15, 0.2) is 0 Å². The number of nitrogens with two attached hydrogens (primary N) is 1. The van der Waals surface area contributed by atoms with Gasteiger partial charge in [-0.1, -0.05) is 6.07 Å². The zero-order valence-corrected chi connectivity index (χ0v) is 12.6. The van der Waals surface area contributed by atoms with Crippen molar-refractivity contribution in [1.82, 2.24) is 5.32 Å². The molecule has 1 aromatic carbocycles. The highest BCUT2D eigenvalue weighted by molar-refractivity contribution is 5.76. The fraction of sp³-hybridized carbons (Fsp3) is 0.533. The Balaban J connectivity index is 1.91. The van der Waals surface area contributed by atoms with E-state index >= 15 is 0 Å². The lowest BCUT2D eigenvalue weighted by Crippen LogP contribution is -2.37. The van der Waals surface area contributed by atoms with E-state index in [2.05, 4.69) is 10.1 Å². The molecule has 0 radical (unpaired) electrons. The second-order valence-electron chi connectivity index (χ2n) is 5.44. The molecule has 2 rings (SSSR count). The number of alkyl halides is 3. The van der Waals surface area contributed by atoms with Gasteiger partial charge in [0.05, 0.1) is 0 Å². The number of ether oxygens (including phenoxy) is 1. The van der Waals surface area contributed by atoms with Crippen molar-refractivity contribution in [2.24, 2.45) is 5.73 Å². The Kier molecular flexibility index (Phi) is 5.70. The summed E-state index contributed by atoms with van der Waals surface area (Å²) in [6.07, 6.45) is -2.93. The van der Waals surface area contributed by atoms with E-state index in [0.29, 0.717) is 38.2 Å². The summed E-state index contributed by atoms with van der Waals surface area (Å²) in [5.41, 5.74) is 6.00. The first-order chi connectivity index (χ1) is 10.9. The van der Waals surface area contributed by atoms with Crippen LogP contribution in [0.1, 0.15) is 19.3 Å². The van der Waals surface area contributed by atoms with Crippen molar-refractivity contribution in [3.05, 3.63) is 24.3 Å². The topological polar surface area (TPSA) is 67.6 Å². The van der Waals surface area contributed by atoms with Crippen LogP contribution < -0.4 is 20.7 Å². The third-order valence-electron chi connectivity index (χ3n) is 3.58. The van der Waals surface area contributed by atoms with Crippen molar-refractivity contribution < 1.29 is 22.7 Å². The van der Waals surface area contributed by atoms with E-state index in [9.17, 15) is 18.0 Å². The second-order valence-corrected chi connectivity index (χ2v) is 5.44. The normalized spacial score (nSPS) is 18.1. The van der Waals surface area contributed by atoms with Gasteiger partial charge < -0.3 is 20.7 Å². The minimum Gasteiger partial charge on any atom is -0.406 e. The average molecular weight is 331 g/mol. The standard InChI is InChI=1S/C15H20F3N3O2/c16-15(17,18)23-13-4-1-3-12(9-13)21-8-6-11(10-21)20-14(22)5-2-7-19/h1,3-4,9,11H,2,5-8,10,19H2,(H,20,22). The zero-order chi connectivity index (χ0) is 16.9. The SMILES string of the molecule is NCCCC(=O)NC1CCN(c2cccc(OC(F)(F)F)c2)C1. The number of carbonyl (C=O) groups is 1. The first-order valence-electron chi connectivity index (χ1n) is 7.47. The number of amides is 1. The Morgan fingerprint density at radius 2 is 2.22 bits per heavy atom. The molecule has 0 bridgehead atoms. The molecule has 0 aromatic heterocycles. The van der Waals surface area contributed by atoms with Crippen molar-refractivity contribution in [2.45, 2.75) is 31.7 Å². The maximum Gasteiger partial charge on any atom is 0.573 e. The fourth-order valence-corrected chi connectivity index (χ4v) is 2.55. The Morgan fingerprint density at radius 3 is 2.91 bits per heavy atom. The van der Waals surface area contributed by atoms with E-state index < -0.39 is 6.36 Å². The average Bonchev–Trinajstić information content (AvgIpc) is 2.92. The monoisotopic (exact) mass is 331 g/mol.